The van der Waals surface area contributed by atoms with E-state index < -0.39 is 5.97 Å². The lowest BCUT2D eigenvalue weighted by molar-refractivity contribution is 0.0693. The standard InChI is InChI=1S/C15H20N2O4/c1-15(6-2-3-7-15)9-16-14(21)17-10-4-5-12(18)11(8-10)13(19)20/h4-5,8,18H,2-3,6-7,9H2,1H3,(H,19,20)(H2,16,17,21). The van der Waals surface area contributed by atoms with Gasteiger partial charge in [0.15, 0.2) is 0 Å². The minimum Gasteiger partial charge on any atom is -0.507 e. The average molecular weight is 292 g/mol. The van der Waals surface area contributed by atoms with E-state index in [1.807, 2.05) is 0 Å². The number of rotatable bonds is 4. The van der Waals surface area contributed by atoms with Gasteiger partial charge in [-0.3, -0.25) is 0 Å². The fourth-order valence-electron chi connectivity index (χ4n) is 2.66. The van der Waals surface area contributed by atoms with Crippen LogP contribution in [0.2, 0.25) is 0 Å². The summed E-state index contributed by atoms with van der Waals surface area (Å²) in [6.45, 7) is 2.76. The first-order valence-corrected chi connectivity index (χ1v) is 7.01. The van der Waals surface area contributed by atoms with Crippen LogP contribution in [0.5, 0.6) is 5.75 Å². The number of carboxylic acids is 1. The second-order valence-electron chi connectivity index (χ2n) is 5.86. The van der Waals surface area contributed by atoms with Crippen molar-refractivity contribution in [1.29, 1.82) is 0 Å². The third kappa shape index (κ3) is 3.87. The molecule has 1 fully saturated rings. The van der Waals surface area contributed by atoms with Crippen molar-refractivity contribution in [3.63, 3.8) is 0 Å². The number of hydrogen-bond donors (Lipinski definition) is 4. The van der Waals surface area contributed by atoms with E-state index >= 15 is 0 Å². The number of hydrogen-bond acceptors (Lipinski definition) is 3. The minimum absolute atomic E-state index is 0.151. The average Bonchev–Trinajstić information content (AvgIpc) is 2.86. The van der Waals surface area contributed by atoms with Crippen LogP contribution in [0.1, 0.15) is 43.0 Å². The molecule has 0 heterocycles. The van der Waals surface area contributed by atoms with E-state index in [4.69, 9.17) is 5.11 Å². The first kappa shape index (κ1) is 15.2. The monoisotopic (exact) mass is 292 g/mol. The van der Waals surface area contributed by atoms with Gasteiger partial charge in [0, 0.05) is 12.2 Å². The molecular formula is C15H20N2O4. The zero-order valence-corrected chi connectivity index (χ0v) is 12.0. The molecule has 0 bridgehead atoms. The van der Waals surface area contributed by atoms with Crippen LogP contribution < -0.4 is 10.6 Å². The van der Waals surface area contributed by atoms with Gasteiger partial charge < -0.3 is 20.8 Å². The molecule has 0 saturated heterocycles. The Morgan fingerprint density at radius 1 is 1.29 bits per heavy atom. The Morgan fingerprint density at radius 3 is 2.57 bits per heavy atom. The largest absolute Gasteiger partial charge is 0.507 e. The lowest BCUT2D eigenvalue weighted by atomic mass is 9.89. The quantitative estimate of drug-likeness (QED) is 0.641. The van der Waals surface area contributed by atoms with E-state index in [0.29, 0.717) is 12.2 Å². The van der Waals surface area contributed by atoms with E-state index in [1.165, 1.54) is 31.0 Å². The summed E-state index contributed by atoms with van der Waals surface area (Å²) in [6.07, 6.45) is 4.60. The molecule has 4 N–H and O–H groups in total. The van der Waals surface area contributed by atoms with Crippen molar-refractivity contribution in [3.05, 3.63) is 23.8 Å². The molecule has 2 rings (SSSR count). The molecule has 6 heteroatoms. The molecule has 0 unspecified atom stereocenters. The maximum absolute atomic E-state index is 11.8. The van der Waals surface area contributed by atoms with Crippen molar-refractivity contribution in [2.24, 2.45) is 5.41 Å². The Labute approximate surface area is 123 Å². The van der Waals surface area contributed by atoms with Crippen LogP contribution in [-0.4, -0.2) is 28.8 Å². The second-order valence-corrected chi connectivity index (χ2v) is 5.86. The Hall–Kier alpha value is -2.24. The first-order chi connectivity index (χ1) is 9.89. The van der Waals surface area contributed by atoms with Crippen molar-refractivity contribution in [1.82, 2.24) is 5.32 Å². The van der Waals surface area contributed by atoms with Crippen molar-refractivity contribution < 1.29 is 19.8 Å². The zero-order chi connectivity index (χ0) is 15.5. The first-order valence-electron chi connectivity index (χ1n) is 7.01. The summed E-state index contributed by atoms with van der Waals surface area (Å²) in [5, 5.41) is 23.7. The van der Waals surface area contributed by atoms with Gasteiger partial charge in [-0.2, -0.15) is 0 Å². The van der Waals surface area contributed by atoms with Crippen molar-refractivity contribution in [2.45, 2.75) is 32.6 Å². The highest BCUT2D eigenvalue weighted by Crippen LogP contribution is 2.36. The molecule has 1 aromatic carbocycles. The van der Waals surface area contributed by atoms with Crippen LogP contribution in [0.15, 0.2) is 18.2 Å². The lowest BCUT2D eigenvalue weighted by Gasteiger charge is -2.23. The van der Waals surface area contributed by atoms with E-state index in [-0.39, 0.29) is 22.8 Å². The number of amides is 2. The normalized spacial score (nSPS) is 16.4. The molecule has 1 aromatic rings. The highest BCUT2D eigenvalue weighted by atomic mass is 16.4. The van der Waals surface area contributed by atoms with E-state index in [1.54, 1.807) is 0 Å². The maximum Gasteiger partial charge on any atom is 0.339 e. The molecule has 114 valence electrons. The van der Waals surface area contributed by atoms with E-state index in [2.05, 4.69) is 17.6 Å². The van der Waals surface area contributed by atoms with Gasteiger partial charge in [-0.25, -0.2) is 9.59 Å². The second kappa shape index (κ2) is 6.03. The molecule has 1 saturated carbocycles. The summed E-state index contributed by atoms with van der Waals surface area (Å²) >= 11 is 0. The number of nitrogens with one attached hydrogen (secondary N) is 2. The number of benzene rings is 1. The number of aromatic hydroxyl groups is 1. The SMILES string of the molecule is CC1(CNC(=O)Nc2ccc(O)c(C(=O)O)c2)CCCC1. The van der Waals surface area contributed by atoms with Gasteiger partial charge in [-0.05, 0) is 36.5 Å². The number of anilines is 1. The molecule has 6 nitrogen and oxygen atoms in total. The number of carboxylic acid groups (broad SMARTS) is 1. The predicted molar refractivity (Wildman–Crippen MR) is 78.7 cm³/mol. The van der Waals surface area contributed by atoms with Crippen LogP contribution in [0.25, 0.3) is 0 Å². The van der Waals surface area contributed by atoms with Crippen molar-refractivity contribution in [3.8, 4) is 5.75 Å². The van der Waals surface area contributed by atoms with E-state index in [0.717, 1.165) is 12.8 Å². The highest BCUT2D eigenvalue weighted by Gasteiger charge is 2.28. The van der Waals surface area contributed by atoms with Gasteiger partial charge >= 0.3 is 12.0 Å². The van der Waals surface area contributed by atoms with Gasteiger partial charge in [-0.1, -0.05) is 19.8 Å². The zero-order valence-electron chi connectivity index (χ0n) is 12.0. The van der Waals surface area contributed by atoms with Gasteiger partial charge in [0.05, 0.1) is 0 Å². The molecule has 0 aromatic heterocycles. The fraction of sp³-hybridized carbons (Fsp3) is 0.467. The minimum atomic E-state index is -1.24. The molecule has 0 radical (unpaired) electrons. The topological polar surface area (TPSA) is 98.7 Å². The maximum atomic E-state index is 11.8. The van der Waals surface area contributed by atoms with Gasteiger partial charge in [0.1, 0.15) is 11.3 Å². The third-order valence-electron chi connectivity index (χ3n) is 3.97. The van der Waals surface area contributed by atoms with Crippen LogP contribution in [0, 0.1) is 5.41 Å². The summed E-state index contributed by atoms with van der Waals surface area (Å²) in [5.74, 6) is -1.57. The summed E-state index contributed by atoms with van der Waals surface area (Å²) in [5.41, 5.74) is 0.244. The molecule has 0 aliphatic heterocycles. The molecule has 1 aliphatic carbocycles. The molecule has 0 spiro atoms. The van der Waals surface area contributed by atoms with Crippen LogP contribution in [-0.2, 0) is 0 Å². The summed E-state index contributed by atoms with van der Waals surface area (Å²) < 4.78 is 0. The van der Waals surface area contributed by atoms with Gasteiger partial charge in [0.25, 0.3) is 0 Å². The molecule has 1 aliphatic rings. The number of urea groups is 1. The fourth-order valence-corrected chi connectivity index (χ4v) is 2.66. The smallest absolute Gasteiger partial charge is 0.339 e. The van der Waals surface area contributed by atoms with Gasteiger partial charge in [0.2, 0.25) is 0 Å². The number of phenols is 1. The number of carbonyl (C=O) groups excluding carboxylic acids is 1. The van der Waals surface area contributed by atoms with Crippen molar-refractivity contribution in [2.75, 3.05) is 11.9 Å². The Bertz CT molecular complexity index is 551. The number of carbonyl (C=O) groups is 2. The Kier molecular flexibility index (Phi) is 4.35. The van der Waals surface area contributed by atoms with Crippen LogP contribution in [0.4, 0.5) is 10.5 Å². The molecule has 21 heavy (non-hydrogen) atoms. The number of aromatic carboxylic acids is 1. The highest BCUT2D eigenvalue weighted by molar-refractivity contribution is 5.95. The molecule has 2 amide bonds. The summed E-state index contributed by atoms with van der Waals surface area (Å²) in [6, 6.07) is 3.56. The lowest BCUT2D eigenvalue weighted by Crippen LogP contribution is -2.36. The Balaban J connectivity index is 1.93. The predicted octanol–water partition coefficient (Wildman–Crippen LogP) is 2.79. The summed E-state index contributed by atoms with van der Waals surface area (Å²) in [4.78, 5) is 22.8. The van der Waals surface area contributed by atoms with Gasteiger partial charge in [-0.15, -0.1) is 0 Å². The summed E-state index contributed by atoms with van der Waals surface area (Å²) in [7, 11) is 0. The third-order valence-corrected chi connectivity index (χ3v) is 3.97. The molecule has 0 atom stereocenters. The van der Waals surface area contributed by atoms with Crippen LogP contribution in [0.3, 0.4) is 0 Å². The van der Waals surface area contributed by atoms with E-state index in [9.17, 15) is 14.7 Å². The Morgan fingerprint density at radius 2 is 1.95 bits per heavy atom. The molecular weight excluding hydrogens is 272 g/mol. The van der Waals surface area contributed by atoms with Crippen LogP contribution >= 0.6 is 0 Å². The van der Waals surface area contributed by atoms with Crippen molar-refractivity contribution >= 4 is 17.7 Å².